The molecule has 2 aromatic carbocycles. The Morgan fingerprint density at radius 1 is 1.11 bits per heavy atom. The van der Waals surface area contributed by atoms with Gasteiger partial charge in [0.15, 0.2) is 0 Å². The Kier molecular flexibility index (Phi) is 8.64. The molecular formula is C33H35FN6O6S. The van der Waals surface area contributed by atoms with Crippen molar-refractivity contribution in [1.29, 1.82) is 5.26 Å². The first-order valence-corrected chi connectivity index (χ1v) is 16.9. The van der Waals surface area contributed by atoms with Crippen LogP contribution in [0, 0.1) is 17.1 Å². The van der Waals surface area contributed by atoms with Crippen LogP contribution >= 0.6 is 0 Å². The summed E-state index contributed by atoms with van der Waals surface area (Å²) in [6.07, 6.45) is 1.79. The van der Waals surface area contributed by atoms with Gasteiger partial charge in [0.2, 0.25) is 5.88 Å². The summed E-state index contributed by atoms with van der Waals surface area (Å²) in [5.74, 6) is -2.04. The van der Waals surface area contributed by atoms with E-state index in [2.05, 4.69) is 14.8 Å². The van der Waals surface area contributed by atoms with E-state index in [-0.39, 0.29) is 53.3 Å². The summed E-state index contributed by atoms with van der Waals surface area (Å²) in [4.78, 5) is 38.1. The van der Waals surface area contributed by atoms with Crippen molar-refractivity contribution in [2.24, 2.45) is 0 Å². The topological polar surface area (TPSA) is 147 Å². The molecule has 14 heteroatoms. The first-order valence-electron chi connectivity index (χ1n) is 15.4. The molecule has 3 aliphatic heterocycles. The van der Waals surface area contributed by atoms with Crippen LogP contribution in [0.25, 0.3) is 0 Å². The third kappa shape index (κ3) is 5.28. The summed E-state index contributed by atoms with van der Waals surface area (Å²) in [7, 11) is -2.63. The summed E-state index contributed by atoms with van der Waals surface area (Å²) in [6.45, 7) is 4.02. The van der Waals surface area contributed by atoms with E-state index in [1.165, 1.54) is 36.5 Å². The van der Waals surface area contributed by atoms with Gasteiger partial charge in [0, 0.05) is 49.1 Å². The summed E-state index contributed by atoms with van der Waals surface area (Å²) in [5, 5.41) is 20.5. The van der Waals surface area contributed by atoms with E-state index in [9.17, 15) is 23.6 Å². The van der Waals surface area contributed by atoms with Crippen molar-refractivity contribution in [1.82, 2.24) is 19.7 Å². The minimum Gasteiger partial charge on any atom is -0.478 e. The van der Waals surface area contributed by atoms with Gasteiger partial charge in [-0.1, -0.05) is 24.3 Å². The van der Waals surface area contributed by atoms with Gasteiger partial charge in [0.1, 0.15) is 17.3 Å². The van der Waals surface area contributed by atoms with Gasteiger partial charge < -0.3 is 19.6 Å². The Hall–Kier alpha value is -4.58. The second-order valence-corrected chi connectivity index (χ2v) is 13.8. The standard InChI is InChI=1S/C33H35FN6O6S/c1-3-46-30-25(10-7-13-36-30)33(29-21-38(16-17-39(29)32(42)43)23-11-14-37(2)15-12-23)26-18-22(20-35)27(34)19-28(26)40(31(33)41)47(44,45)24-8-5-4-6-9-24/h4-10,13,18-19,23,29H,3,11-12,14-17,21H2,1-2H3,(H,42,43). The monoisotopic (exact) mass is 662 g/mol. The second kappa shape index (κ2) is 12.6. The quantitative estimate of drug-likeness (QED) is 0.400. The SMILES string of the molecule is CCOc1ncccc1C1(C2CN(C3CCN(C)CC3)CCN2C(=O)O)C(=O)N(S(=O)(=O)c2ccccc2)c2cc(F)c(C#N)cc21. The molecule has 3 aromatic rings. The van der Waals surface area contributed by atoms with Crippen LogP contribution in [0.2, 0.25) is 0 Å². The van der Waals surface area contributed by atoms with Crippen LogP contribution < -0.4 is 9.04 Å². The van der Waals surface area contributed by atoms with Crippen LogP contribution in [0.3, 0.4) is 0 Å². The normalized spacial score (nSPS) is 22.6. The zero-order valence-electron chi connectivity index (χ0n) is 26.0. The number of carbonyl (C=O) groups is 2. The number of carbonyl (C=O) groups excluding carboxylic acids is 1. The van der Waals surface area contributed by atoms with Crippen molar-refractivity contribution in [2.75, 3.05) is 50.7 Å². The molecule has 246 valence electrons. The number of benzene rings is 2. The number of aromatic nitrogens is 1. The zero-order valence-corrected chi connectivity index (χ0v) is 26.9. The molecule has 6 rings (SSSR count). The third-order valence-corrected chi connectivity index (χ3v) is 11.2. The molecule has 0 radical (unpaired) electrons. The number of sulfonamides is 1. The first-order chi connectivity index (χ1) is 22.5. The van der Waals surface area contributed by atoms with E-state index in [0.29, 0.717) is 10.8 Å². The average Bonchev–Trinajstić information content (AvgIpc) is 3.32. The number of ether oxygens (including phenoxy) is 1. The van der Waals surface area contributed by atoms with E-state index in [4.69, 9.17) is 4.74 Å². The number of likely N-dealkylation sites (tertiary alicyclic amines) is 1. The molecule has 2 saturated heterocycles. The maximum absolute atomic E-state index is 15.5. The lowest BCUT2D eigenvalue weighted by Gasteiger charge is -2.50. The molecule has 0 bridgehead atoms. The summed E-state index contributed by atoms with van der Waals surface area (Å²) >= 11 is 0. The molecule has 0 spiro atoms. The summed E-state index contributed by atoms with van der Waals surface area (Å²) in [5.41, 5.74) is -2.72. The Bertz CT molecular complexity index is 1850. The number of fused-ring (bicyclic) bond motifs is 1. The number of nitriles is 1. The minimum atomic E-state index is -4.67. The van der Waals surface area contributed by atoms with Gasteiger partial charge in [-0.15, -0.1) is 0 Å². The fourth-order valence-electron chi connectivity index (χ4n) is 7.25. The number of piperidine rings is 1. The van der Waals surface area contributed by atoms with Crippen LogP contribution in [-0.2, 0) is 20.2 Å². The Morgan fingerprint density at radius 3 is 2.49 bits per heavy atom. The van der Waals surface area contributed by atoms with Crippen LogP contribution in [-0.4, -0.2) is 104 Å². The molecule has 1 N–H and O–H groups in total. The van der Waals surface area contributed by atoms with E-state index in [1.807, 2.05) is 13.1 Å². The molecular weight excluding hydrogens is 627 g/mol. The number of piperazine rings is 1. The molecule has 47 heavy (non-hydrogen) atoms. The zero-order chi connectivity index (χ0) is 33.5. The third-order valence-electron chi connectivity index (χ3n) is 9.49. The number of rotatable bonds is 7. The highest BCUT2D eigenvalue weighted by molar-refractivity contribution is 7.93. The molecule has 0 saturated carbocycles. The number of pyridine rings is 1. The van der Waals surface area contributed by atoms with E-state index in [0.717, 1.165) is 36.9 Å². The second-order valence-electron chi connectivity index (χ2n) is 12.0. The number of hydrogen-bond donors (Lipinski definition) is 1. The highest BCUT2D eigenvalue weighted by atomic mass is 32.2. The number of anilines is 1. The van der Waals surface area contributed by atoms with Gasteiger partial charge in [0.05, 0.1) is 28.8 Å². The molecule has 2 atom stereocenters. The maximum atomic E-state index is 15.5. The van der Waals surface area contributed by atoms with Gasteiger partial charge in [-0.05, 0) is 64.2 Å². The molecule has 0 aliphatic carbocycles. The molecule has 4 heterocycles. The first kappa shape index (κ1) is 32.4. The van der Waals surface area contributed by atoms with E-state index < -0.39 is 44.9 Å². The molecule has 2 unspecified atom stereocenters. The van der Waals surface area contributed by atoms with Crippen LogP contribution in [0.5, 0.6) is 5.88 Å². The highest BCUT2D eigenvalue weighted by Gasteiger charge is 2.64. The number of hydrogen-bond acceptors (Lipinski definition) is 9. The van der Waals surface area contributed by atoms with Crippen LogP contribution in [0.4, 0.5) is 14.9 Å². The smallest absolute Gasteiger partial charge is 0.407 e. The predicted octanol–water partition coefficient (Wildman–Crippen LogP) is 3.27. The molecule has 2 fully saturated rings. The van der Waals surface area contributed by atoms with Crippen LogP contribution in [0.15, 0.2) is 65.7 Å². The Morgan fingerprint density at radius 2 is 1.83 bits per heavy atom. The Labute approximate surface area is 272 Å². The van der Waals surface area contributed by atoms with Gasteiger partial charge in [-0.2, -0.15) is 5.26 Å². The number of nitrogens with zero attached hydrogens (tertiary/aromatic N) is 6. The number of amides is 2. The fourth-order valence-corrected chi connectivity index (χ4v) is 8.74. The predicted molar refractivity (Wildman–Crippen MR) is 169 cm³/mol. The highest BCUT2D eigenvalue weighted by Crippen LogP contribution is 2.54. The van der Waals surface area contributed by atoms with Gasteiger partial charge in [-0.25, -0.2) is 26.9 Å². The van der Waals surface area contributed by atoms with E-state index >= 15 is 9.18 Å². The average molecular weight is 663 g/mol. The van der Waals surface area contributed by atoms with Crippen LogP contribution in [0.1, 0.15) is 36.5 Å². The van der Waals surface area contributed by atoms with Gasteiger partial charge in [-0.3, -0.25) is 9.69 Å². The van der Waals surface area contributed by atoms with Crippen molar-refractivity contribution >= 4 is 27.7 Å². The van der Waals surface area contributed by atoms with Crippen molar-refractivity contribution in [3.05, 3.63) is 83.3 Å². The fraction of sp³-hybridized carbons (Fsp3) is 0.394. The van der Waals surface area contributed by atoms with Crippen molar-refractivity contribution in [3.63, 3.8) is 0 Å². The van der Waals surface area contributed by atoms with Gasteiger partial charge >= 0.3 is 6.09 Å². The molecule has 12 nitrogen and oxygen atoms in total. The maximum Gasteiger partial charge on any atom is 0.407 e. The molecule has 1 aromatic heterocycles. The lowest BCUT2D eigenvalue weighted by atomic mass is 9.68. The summed E-state index contributed by atoms with van der Waals surface area (Å²) in [6, 6.07) is 13.1. The number of halogens is 1. The lowest BCUT2D eigenvalue weighted by molar-refractivity contribution is -0.124. The minimum absolute atomic E-state index is 0.00200. The number of carboxylic acid groups (broad SMARTS) is 1. The molecule has 2 amide bonds. The largest absolute Gasteiger partial charge is 0.478 e. The summed E-state index contributed by atoms with van der Waals surface area (Å²) < 4.78 is 50.7. The van der Waals surface area contributed by atoms with Gasteiger partial charge in [0.25, 0.3) is 15.9 Å². The van der Waals surface area contributed by atoms with Crippen molar-refractivity contribution in [2.45, 2.75) is 42.2 Å². The molecule has 3 aliphatic rings. The van der Waals surface area contributed by atoms with Crippen molar-refractivity contribution < 1.29 is 32.2 Å². The van der Waals surface area contributed by atoms with E-state index in [1.54, 1.807) is 25.1 Å². The lowest BCUT2D eigenvalue weighted by Crippen LogP contribution is -2.67. The Balaban J connectivity index is 1.67. The van der Waals surface area contributed by atoms with Crippen molar-refractivity contribution in [3.8, 4) is 11.9 Å².